The molecule has 2 aromatic carbocycles. The van der Waals surface area contributed by atoms with E-state index in [1.807, 2.05) is 12.1 Å². The summed E-state index contributed by atoms with van der Waals surface area (Å²) in [7, 11) is 0. The lowest BCUT2D eigenvalue weighted by Crippen LogP contribution is -2.14. The molecule has 2 aromatic heterocycles. The van der Waals surface area contributed by atoms with Crippen molar-refractivity contribution < 1.29 is 0 Å². The van der Waals surface area contributed by atoms with Gasteiger partial charge in [0.15, 0.2) is 10.6 Å². The first-order chi connectivity index (χ1) is 15.3. The van der Waals surface area contributed by atoms with E-state index in [0.717, 1.165) is 52.9 Å². The average molecular weight is 428 g/mol. The highest BCUT2D eigenvalue weighted by atomic mass is 32.1. The Morgan fingerprint density at radius 1 is 0.968 bits per heavy atom. The molecule has 0 spiro atoms. The van der Waals surface area contributed by atoms with Crippen LogP contribution in [0.1, 0.15) is 25.1 Å². The first kappa shape index (κ1) is 19.7. The summed E-state index contributed by atoms with van der Waals surface area (Å²) in [4.78, 5) is 5.88. The van der Waals surface area contributed by atoms with E-state index in [-0.39, 0.29) is 0 Å². The van der Waals surface area contributed by atoms with Crippen molar-refractivity contribution in [3.8, 4) is 22.6 Å². The van der Waals surface area contributed by atoms with Gasteiger partial charge in [-0.25, -0.2) is 4.99 Å². The zero-order valence-electron chi connectivity index (χ0n) is 17.4. The number of hydrogen-bond acceptors (Lipinski definition) is 4. The van der Waals surface area contributed by atoms with Crippen molar-refractivity contribution in [3.05, 3.63) is 83.3 Å². The van der Waals surface area contributed by atoms with Gasteiger partial charge in [0.25, 0.3) is 0 Å². The minimum Gasteiger partial charge on any atom is -0.313 e. The molecule has 0 unspecified atom stereocenters. The third-order valence-electron chi connectivity index (χ3n) is 5.64. The molecule has 31 heavy (non-hydrogen) atoms. The van der Waals surface area contributed by atoms with Crippen LogP contribution in [0.2, 0.25) is 0 Å². The molecule has 0 saturated heterocycles. The largest absolute Gasteiger partial charge is 0.313 e. The fourth-order valence-corrected chi connectivity index (χ4v) is 5.00. The fraction of sp³-hybridized carbons (Fsp3) is 0.240. The topological polar surface area (TPSA) is 48.0 Å². The van der Waals surface area contributed by atoms with E-state index in [9.17, 15) is 0 Å². The molecule has 0 atom stereocenters. The van der Waals surface area contributed by atoms with Gasteiger partial charge in [-0.1, -0.05) is 42.8 Å². The second kappa shape index (κ2) is 8.86. The van der Waals surface area contributed by atoms with E-state index in [4.69, 9.17) is 4.99 Å². The van der Waals surface area contributed by atoms with Gasteiger partial charge in [0.2, 0.25) is 0 Å². The van der Waals surface area contributed by atoms with Crippen LogP contribution in [0.25, 0.3) is 22.6 Å². The number of fused-ring (bicyclic) bond motifs is 1. The zero-order valence-corrected chi connectivity index (χ0v) is 18.3. The number of hydrogen-bond donors (Lipinski definition) is 0. The van der Waals surface area contributed by atoms with Crippen LogP contribution in [0, 0.1) is 0 Å². The van der Waals surface area contributed by atoms with E-state index < -0.39 is 0 Å². The summed E-state index contributed by atoms with van der Waals surface area (Å²) in [6.45, 7) is 5.65. The van der Waals surface area contributed by atoms with E-state index in [2.05, 4.69) is 79.8 Å². The summed E-state index contributed by atoms with van der Waals surface area (Å²) < 4.78 is 4.49. The molecule has 0 aliphatic carbocycles. The molecule has 1 aliphatic heterocycles. The molecule has 0 N–H and O–H groups in total. The fourth-order valence-electron chi connectivity index (χ4n) is 4.06. The maximum Gasteiger partial charge on any atom is 0.190 e. The summed E-state index contributed by atoms with van der Waals surface area (Å²) >= 11 is 1.65. The molecule has 6 heteroatoms. The number of thiazole rings is 1. The predicted octanol–water partition coefficient (Wildman–Crippen LogP) is 5.62. The highest BCUT2D eigenvalue weighted by molar-refractivity contribution is 7.07. The number of allylic oxidation sites excluding steroid dienone is 1. The van der Waals surface area contributed by atoms with Crippen molar-refractivity contribution in [1.29, 1.82) is 0 Å². The number of rotatable bonds is 5. The van der Waals surface area contributed by atoms with Crippen LogP contribution >= 0.6 is 11.3 Å². The maximum absolute atomic E-state index is 4.92. The molecule has 1 aliphatic rings. The Labute approximate surface area is 186 Å². The van der Waals surface area contributed by atoms with Gasteiger partial charge in [-0.15, -0.1) is 28.1 Å². The molecular formula is C25H25N5S. The van der Waals surface area contributed by atoms with Crippen LogP contribution in [0.3, 0.4) is 0 Å². The third kappa shape index (κ3) is 4.03. The van der Waals surface area contributed by atoms with Crippen molar-refractivity contribution in [2.75, 3.05) is 0 Å². The second-order valence-electron chi connectivity index (χ2n) is 7.73. The highest BCUT2D eigenvalue weighted by Crippen LogP contribution is 2.25. The van der Waals surface area contributed by atoms with Crippen LogP contribution in [0.15, 0.2) is 77.6 Å². The summed E-state index contributed by atoms with van der Waals surface area (Å²) in [5.74, 6) is 2.08. The quantitative estimate of drug-likeness (QED) is 0.388. The number of aromatic nitrogens is 4. The smallest absolute Gasteiger partial charge is 0.190 e. The molecule has 3 heterocycles. The Balaban J connectivity index is 1.48. The Kier molecular flexibility index (Phi) is 5.63. The molecule has 156 valence electrons. The second-order valence-corrected chi connectivity index (χ2v) is 8.57. The van der Waals surface area contributed by atoms with Crippen molar-refractivity contribution in [1.82, 2.24) is 19.3 Å². The number of nitrogens with zero attached hydrogens (tertiary/aromatic N) is 5. The summed E-state index contributed by atoms with van der Waals surface area (Å²) in [5.41, 5.74) is 4.37. The highest BCUT2D eigenvalue weighted by Gasteiger charge is 2.15. The molecule has 0 bridgehead atoms. The van der Waals surface area contributed by atoms with E-state index in [1.54, 1.807) is 11.3 Å². The van der Waals surface area contributed by atoms with Crippen LogP contribution in [0.5, 0.6) is 0 Å². The molecule has 4 aromatic rings. The first-order valence-corrected chi connectivity index (χ1v) is 11.6. The molecule has 0 saturated carbocycles. The molecule has 0 amide bonds. The predicted molar refractivity (Wildman–Crippen MR) is 126 cm³/mol. The van der Waals surface area contributed by atoms with Crippen molar-refractivity contribution >= 4 is 17.0 Å². The van der Waals surface area contributed by atoms with Crippen LogP contribution in [-0.2, 0) is 19.5 Å². The van der Waals surface area contributed by atoms with Crippen molar-refractivity contribution in [3.63, 3.8) is 0 Å². The lowest BCUT2D eigenvalue weighted by molar-refractivity contribution is 0.636. The average Bonchev–Trinajstić information content (AvgIpc) is 3.31. The molecular weight excluding hydrogens is 402 g/mol. The zero-order chi connectivity index (χ0) is 21.0. The van der Waals surface area contributed by atoms with E-state index in [0.29, 0.717) is 0 Å². The Hall–Kier alpha value is -3.25. The maximum atomic E-state index is 4.92. The van der Waals surface area contributed by atoms with Gasteiger partial charge in [-0.05, 0) is 42.7 Å². The molecule has 5 nitrogen and oxygen atoms in total. The van der Waals surface area contributed by atoms with Crippen molar-refractivity contribution in [2.45, 2.75) is 38.8 Å². The van der Waals surface area contributed by atoms with Gasteiger partial charge in [0.1, 0.15) is 5.82 Å². The van der Waals surface area contributed by atoms with Gasteiger partial charge >= 0.3 is 0 Å². The monoisotopic (exact) mass is 427 g/mol. The van der Waals surface area contributed by atoms with Gasteiger partial charge in [-0.3, -0.25) is 0 Å². The molecule has 5 rings (SSSR count). The van der Waals surface area contributed by atoms with Gasteiger partial charge in [0, 0.05) is 30.5 Å². The SMILES string of the molecule is C=CCn1c(-c2ccccc2)csc1=Nc1ccc(-c2nnc3n2CCCCC3)cc1. The van der Waals surface area contributed by atoms with Crippen LogP contribution in [0.4, 0.5) is 5.69 Å². The van der Waals surface area contributed by atoms with Crippen LogP contribution in [-0.4, -0.2) is 19.3 Å². The van der Waals surface area contributed by atoms with Gasteiger partial charge < -0.3 is 9.13 Å². The normalized spacial score (nSPS) is 14.3. The van der Waals surface area contributed by atoms with Gasteiger partial charge in [0.05, 0.1) is 11.4 Å². The Morgan fingerprint density at radius 2 is 1.81 bits per heavy atom. The minimum atomic E-state index is 0.719. The molecule has 0 radical (unpaired) electrons. The standard InChI is InChI=1S/C25H25N5S/c1-2-16-29-22(19-9-5-3-6-10-19)18-31-25(29)26-21-14-12-20(13-15-21)24-28-27-23-11-7-4-8-17-30(23)24/h2-3,5-6,9-10,12-15,18H,1,4,7-8,11,16-17H2. The van der Waals surface area contributed by atoms with E-state index >= 15 is 0 Å². The minimum absolute atomic E-state index is 0.719. The summed E-state index contributed by atoms with van der Waals surface area (Å²) in [5, 5.41) is 11.1. The lowest BCUT2D eigenvalue weighted by Gasteiger charge is -2.07. The number of aryl methyl sites for hydroxylation is 1. The Bertz CT molecular complexity index is 1250. The van der Waals surface area contributed by atoms with E-state index in [1.165, 1.54) is 24.8 Å². The summed E-state index contributed by atoms with van der Waals surface area (Å²) in [6, 6.07) is 18.7. The molecule has 0 fully saturated rings. The summed E-state index contributed by atoms with van der Waals surface area (Å²) in [6.07, 6.45) is 6.59. The van der Waals surface area contributed by atoms with Crippen molar-refractivity contribution in [2.24, 2.45) is 4.99 Å². The third-order valence-corrected chi connectivity index (χ3v) is 6.50. The first-order valence-electron chi connectivity index (χ1n) is 10.8. The Morgan fingerprint density at radius 3 is 2.61 bits per heavy atom. The number of benzene rings is 2. The van der Waals surface area contributed by atoms with Gasteiger partial charge in [-0.2, -0.15) is 0 Å². The lowest BCUT2D eigenvalue weighted by atomic mass is 10.2. The van der Waals surface area contributed by atoms with Crippen LogP contribution < -0.4 is 4.80 Å².